The number of nitrogens with one attached hydrogen (secondary N) is 1. The zero-order valence-corrected chi connectivity index (χ0v) is 6.32. The predicted octanol–water partition coefficient (Wildman–Crippen LogP) is -0.903. The number of aliphatic carboxylic acids is 1. The Labute approximate surface area is 64.7 Å². The van der Waals surface area contributed by atoms with Gasteiger partial charge < -0.3 is 15.3 Å². The maximum absolute atomic E-state index is 10.3. The Morgan fingerprint density at radius 3 is 2.36 bits per heavy atom. The molecule has 0 aromatic carbocycles. The van der Waals surface area contributed by atoms with E-state index in [1.54, 1.807) is 0 Å². The summed E-state index contributed by atoms with van der Waals surface area (Å²) in [5.74, 6) is -1.07. The van der Waals surface area contributed by atoms with Crippen molar-refractivity contribution in [1.29, 1.82) is 0 Å². The van der Waals surface area contributed by atoms with Crippen LogP contribution in [-0.4, -0.2) is 33.7 Å². The van der Waals surface area contributed by atoms with Crippen LogP contribution in [0.25, 0.3) is 0 Å². The third-order valence-corrected chi connectivity index (χ3v) is 1.23. The molecule has 0 heterocycles. The van der Waals surface area contributed by atoms with Crippen LogP contribution in [0.15, 0.2) is 0 Å². The lowest BCUT2D eigenvalue weighted by Gasteiger charge is -2.13. The summed E-state index contributed by atoms with van der Waals surface area (Å²) in [5, 5.41) is 27.3. The van der Waals surface area contributed by atoms with Gasteiger partial charge in [-0.15, -0.1) is 0 Å². The van der Waals surface area contributed by atoms with Crippen molar-refractivity contribution in [3.05, 3.63) is 0 Å². The molecule has 0 aromatic heterocycles. The summed E-state index contributed by atoms with van der Waals surface area (Å²) >= 11 is 0. The first kappa shape index (κ1) is 10.3. The van der Waals surface area contributed by atoms with Gasteiger partial charge in [-0.3, -0.25) is 10.1 Å². The van der Waals surface area contributed by atoms with E-state index in [0.717, 1.165) is 0 Å². The van der Waals surface area contributed by atoms with Crippen molar-refractivity contribution in [2.24, 2.45) is 0 Å². The fourth-order valence-corrected chi connectivity index (χ4v) is 0.747. The van der Waals surface area contributed by atoms with Crippen LogP contribution in [0.5, 0.6) is 0 Å². The Balaban J connectivity index is 3.79. The Hall–Kier alpha value is -0.650. The predicted molar refractivity (Wildman–Crippen MR) is 37.7 cm³/mol. The van der Waals surface area contributed by atoms with Crippen molar-refractivity contribution in [3.8, 4) is 0 Å². The number of carboxylic acids is 1. The van der Waals surface area contributed by atoms with E-state index >= 15 is 0 Å². The molecule has 4 N–H and O–H groups in total. The molecule has 0 spiro atoms. The lowest BCUT2D eigenvalue weighted by atomic mass is 10.2. The van der Waals surface area contributed by atoms with Crippen LogP contribution in [0.1, 0.15) is 19.8 Å². The third-order valence-electron chi connectivity index (χ3n) is 1.23. The summed E-state index contributed by atoms with van der Waals surface area (Å²) in [6, 6.07) is -0.875. The Bertz CT molecular complexity index is 126. The normalized spacial score (nSPS) is 13.5. The Kier molecular flexibility index (Phi) is 4.76. The van der Waals surface area contributed by atoms with Gasteiger partial charge in [0, 0.05) is 0 Å². The molecule has 0 saturated carbocycles. The first-order chi connectivity index (χ1) is 5.07. The number of aliphatic hydroxyl groups excluding tert-OH is 1. The zero-order valence-electron chi connectivity index (χ0n) is 6.32. The van der Waals surface area contributed by atoms with E-state index in [1.165, 1.54) is 0 Å². The van der Waals surface area contributed by atoms with E-state index in [0.29, 0.717) is 12.8 Å². The average Bonchev–Trinajstić information content (AvgIpc) is 1.86. The zero-order chi connectivity index (χ0) is 8.85. The van der Waals surface area contributed by atoms with E-state index in [-0.39, 0.29) is 0 Å². The van der Waals surface area contributed by atoms with E-state index in [9.17, 15) is 4.79 Å². The molecule has 11 heavy (non-hydrogen) atoms. The van der Waals surface area contributed by atoms with E-state index in [4.69, 9.17) is 15.3 Å². The molecule has 0 fully saturated rings. The van der Waals surface area contributed by atoms with Crippen LogP contribution >= 0.6 is 0 Å². The van der Waals surface area contributed by atoms with Gasteiger partial charge in [0.2, 0.25) is 6.41 Å². The highest BCUT2D eigenvalue weighted by atomic mass is 16.5. The van der Waals surface area contributed by atoms with E-state index in [2.05, 4.69) is 5.32 Å². The molecule has 0 aliphatic heterocycles. The maximum atomic E-state index is 10.3. The summed E-state index contributed by atoms with van der Waals surface area (Å²) in [6.45, 7) is 1.82. The lowest BCUT2D eigenvalue weighted by Crippen LogP contribution is -2.43. The van der Waals surface area contributed by atoms with Crippen molar-refractivity contribution in [2.45, 2.75) is 32.2 Å². The minimum absolute atomic E-state index is 0.382. The largest absolute Gasteiger partial charge is 0.480 e. The number of hydrogen-bond donors (Lipinski definition) is 4. The minimum atomic E-state index is -1.76. The van der Waals surface area contributed by atoms with Crippen LogP contribution < -0.4 is 5.32 Å². The summed E-state index contributed by atoms with van der Waals surface area (Å²) in [5.41, 5.74) is 0. The molecule has 5 heteroatoms. The van der Waals surface area contributed by atoms with Gasteiger partial charge in [0.15, 0.2) is 0 Å². The van der Waals surface area contributed by atoms with Gasteiger partial charge in [0.25, 0.3) is 0 Å². The highest BCUT2D eigenvalue weighted by Gasteiger charge is 2.17. The molecule has 0 aliphatic carbocycles. The summed E-state index contributed by atoms with van der Waals surface area (Å²) in [6.07, 6.45) is -0.702. The highest BCUT2D eigenvalue weighted by Crippen LogP contribution is 1.96. The van der Waals surface area contributed by atoms with Gasteiger partial charge in [-0.05, 0) is 6.42 Å². The van der Waals surface area contributed by atoms with E-state index < -0.39 is 18.4 Å². The topological polar surface area (TPSA) is 89.8 Å². The van der Waals surface area contributed by atoms with Gasteiger partial charge in [0.05, 0.1) is 0 Å². The SMILES string of the molecule is CCCC(NC(O)O)C(=O)O. The standard InChI is InChI=1S/C6H13NO4/c1-2-3-4(5(8)9)7-6(10)11/h4,6-7,10-11H,2-3H2,1H3,(H,8,9). The third kappa shape index (κ3) is 4.72. The van der Waals surface area contributed by atoms with Crippen molar-refractivity contribution in [2.75, 3.05) is 0 Å². The molecule has 66 valence electrons. The second kappa shape index (κ2) is 5.06. The van der Waals surface area contributed by atoms with Gasteiger partial charge in [-0.25, -0.2) is 0 Å². The van der Waals surface area contributed by atoms with Crippen LogP contribution in [0.4, 0.5) is 0 Å². The summed E-state index contributed by atoms with van der Waals surface area (Å²) in [7, 11) is 0. The molecule has 0 aromatic rings. The Morgan fingerprint density at radius 1 is 1.55 bits per heavy atom. The van der Waals surface area contributed by atoms with Crippen LogP contribution in [0.2, 0.25) is 0 Å². The molecule has 5 nitrogen and oxygen atoms in total. The summed E-state index contributed by atoms with van der Waals surface area (Å²) < 4.78 is 0. The van der Waals surface area contributed by atoms with Crippen LogP contribution in [-0.2, 0) is 4.79 Å². The molecule has 0 rings (SSSR count). The number of aliphatic hydroxyl groups is 2. The maximum Gasteiger partial charge on any atom is 0.320 e. The first-order valence-corrected chi connectivity index (χ1v) is 3.43. The molecule has 1 atom stereocenters. The van der Waals surface area contributed by atoms with E-state index in [1.807, 2.05) is 6.92 Å². The van der Waals surface area contributed by atoms with Crippen molar-refractivity contribution < 1.29 is 20.1 Å². The average molecular weight is 163 g/mol. The molecule has 0 aliphatic rings. The molecule has 0 amide bonds. The second-order valence-corrected chi connectivity index (χ2v) is 2.22. The van der Waals surface area contributed by atoms with Crippen LogP contribution in [0.3, 0.4) is 0 Å². The molecular weight excluding hydrogens is 150 g/mol. The highest BCUT2D eigenvalue weighted by molar-refractivity contribution is 5.73. The second-order valence-electron chi connectivity index (χ2n) is 2.22. The monoisotopic (exact) mass is 163 g/mol. The fraction of sp³-hybridized carbons (Fsp3) is 0.833. The Morgan fingerprint density at radius 2 is 2.09 bits per heavy atom. The lowest BCUT2D eigenvalue weighted by molar-refractivity contribution is -0.145. The number of carboxylic acid groups (broad SMARTS) is 1. The smallest absolute Gasteiger partial charge is 0.320 e. The summed E-state index contributed by atoms with van der Waals surface area (Å²) in [4.78, 5) is 10.3. The van der Waals surface area contributed by atoms with Crippen LogP contribution in [0, 0.1) is 0 Å². The quantitative estimate of drug-likeness (QED) is 0.394. The number of rotatable bonds is 5. The van der Waals surface area contributed by atoms with Crippen molar-refractivity contribution in [1.82, 2.24) is 5.32 Å². The van der Waals surface area contributed by atoms with Gasteiger partial charge >= 0.3 is 5.97 Å². The number of carbonyl (C=O) groups is 1. The van der Waals surface area contributed by atoms with Gasteiger partial charge in [0.1, 0.15) is 6.04 Å². The molecule has 0 bridgehead atoms. The van der Waals surface area contributed by atoms with Gasteiger partial charge in [-0.2, -0.15) is 0 Å². The number of hydrogen-bond acceptors (Lipinski definition) is 4. The molecule has 0 radical (unpaired) electrons. The fourth-order valence-electron chi connectivity index (χ4n) is 0.747. The van der Waals surface area contributed by atoms with Gasteiger partial charge in [-0.1, -0.05) is 13.3 Å². The molecule has 0 saturated heterocycles. The first-order valence-electron chi connectivity index (χ1n) is 3.43. The molecular formula is C6H13NO4. The van der Waals surface area contributed by atoms with Crippen molar-refractivity contribution >= 4 is 5.97 Å². The molecule has 1 unspecified atom stereocenters. The van der Waals surface area contributed by atoms with Crippen molar-refractivity contribution in [3.63, 3.8) is 0 Å². The minimum Gasteiger partial charge on any atom is -0.480 e.